The molecule has 8 nitrogen and oxygen atoms in total. The molecule has 3 rings (SSSR count). The molecule has 6 N–H and O–H groups in total. The standard InChI is InChI=1S/C20H21N5O3/c1-10-5-6-13(26)11(2)16(10)25-17(21)15(18(22)27)12-9-23-14(24-19(12)25)7-8-20(3,4)28/h5-6,9,26,28H,21H2,1-4H3,(H2,22,27). The van der Waals surface area contributed by atoms with Gasteiger partial charge in [0.1, 0.15) is 17.2 Å². The molecular formula is C20H21N5O3. The number of hydrogen-bond donors (Lipinski definition) is 4. The van der Waals surface area contributed by atoms with E-state index < -0.39 is 11.5 Å². The molecule has 1 amide bonds. The van der Waals surface area contributed by atoms with Crippen molar-refractivity contribution in [3.8, 4) is 23.3 Å². The van der Waals surface area contributed by atoms with Crippen molar-refractivity contribution >= 4 is 22.8 Å². The summed E-state index contributed by atoms with van der Waals surface area (Å²) in [4.78, 5) is 20.6. The number of nitrogens with two attached hydrogens (primary N) is 2. The molecule has 8 heteroatoms. The first-order valence-corrected chi connectivity index (χ1v) is 8.53. The van der Waals surface area contributed by atoms with E-state index in [0.29, 0.717) is 22.3 Å². The zero-order valence-electron chi connectivity index (χ0n) is 16.0. The van der Waals surface area contributed by atoms with Crippen LogP contribution in [-0.4, -0.2) is 36.3 Å². The predicted molar refractivity (Wildman–Crippen MR) is 106 cm³/mol. The maximum atomic E-state index is 12.0. The van der Waals surface area contributed by atoms with Crippen LogP contribution >= 0.6 is 0 Å². The summed E-state index contributed by atoms with van der Waals surface area (Å²) in [6, 6.07) is 3.32. The number of aromatic hydroxyl groups is 1. The van der Waals surface area contributed by atoms with E-state index >= 15 is 0 Å². The fourth-order valence-corrected chi connectivity index (χ4v) is 3.01. The summed E-state index contributed by atoms with van der Waals surface area (Å²) in [7, 11) is 0. The molecular weight excluding hydrogens is 358 g/mol. The minimum Gasteiger partial charge on any atom is -0.508 e. The number of aliphatic hydroxyl groups is 1. The van der Waals surface area contributed by atoms with Gasteiger partial charge >= 0.3 is 0 Å². The normalized spacial score (nSPS) is 11.3. The number of phenolic OH excluding ortho intramolecular Hbond substituents is 1. The summed E-state index contributed by atoms with van der Waals surface area (Å²) in [5.41, 5.74) is 13.0. The summed E-state index contributed by atoms with van der Waals surface area (Å²) in [5, 5.41) is 20.3. The average molecular weight is 379 g/mol. The fourth-order valence-electron chi connectivity index (χ4n) is 3.01. The maximum absolute atomic E-state index is 12.0. The van der Waals surface area contributed by atoms with E-state index in [1.807, 2.05) is 6.92 Å². The zero-order chi connectivity index (χ0) is 20.8. The monoisotopic (exact) mass is 379 g/mol. The molecule has 0 unspecified atom stereocenters. The first-order valence-electron chi connectivity index (χ1n) is 8.53. The number of anilines is 1. The predicted octanol–water partition coefficient (Wildman–Crippen LogP) is 1.55. The molecule has 0 saturated carbocycles. The molecule has 2 heterocycles. The van der Waals surface area contributed by atoms with Crippen molar-refractivity contribution in [2.24, 2.45) is 5.73 Å². The maximum Gasteiger partial charge on any atom is 0.253 e. The molecule has 0 aliphatic heterocycles. The minimum atomic E-state index is -1.21. The summed E-state index contributed by atoms with van der Waals surface area (Å²) >= 11 is 0. The third kappa shape index (κ3) is 3.23. The van der Waals surface area contributed by atoms with E-state index in [-0.39, 0.29) is 23.0 Å². The lowest BCUT2D eigenvalue weighted by atomic mass is 10.1. The van der Waals surface area contributed by atoms with Crippen molar-refractivity contribution < 1.29 is 15.0 Å². The van der Waals surface area contributed by atoms with Gasteiger partial charge in [0.25, 0.3) is 5.91 Å². The first-order chi connectivity index (χ1) is 13.0. The number of rotatable bonds is 2. The van der Waals surface area contributed by atoms with E-state index in [2.05, 4.69) is 21.8 Å². The first kappa shape index (κ1) is 19.2. The number of primary amides is 1. The van der Waals surface area contributed by atoms with Crippen LogP contribution in [0.25, 0.3) is 16.7 Å². The van der Waals surface area contributed by atoms with Crippen LogP contribution in [0, 0.1) is 25.7 Å². The van der Waals surface area contributed by atoms with Crippen molar-refractivity contribution in [3.63, 3.8) is 0 Å². The second-order valence-electron chi connectivity index (χ2n) is 7.08. The lowest BCUT2D eigenvalue weighted by molar-refractivity contribution is 0.100. The van der Waals surface area contributed by atoms with Gasteiger partial charge in [-0.2, -0.15) is 0 Å². The number of nitrogens with zero attached hydrogens (tertiary/aromatic N) is 3. The number of hydrogen-bond acceptors (Lipinski definition) is 6. The molecule has 0 aliphatic rings. The van der Waals surface area contributed by atoms with Gasteiger partial charge in [-0.3, -0.25) is 9.36 Å². The number of carbonyl (C=O) groups is 1. The topological polar surface area (TPSA) is 140 Å². The highest BCUT2D eigenvalue weighted by Gasteiger charge is 2.24. The average Bonchev–Trinajstić information content (AvgIpc) is 2.88. The van der Waals surface area contributed by atoms with Crippen LogP contribution in [0.2, 0.25) is 0 Å². The number of fused-ring (bicyclic) bond motifs is 1. The van der Waals surface area contributed by atoms with Gasteiger partial charge in [-0.05, 0) is 45.2 Å². The van der Waals surface area contributed by atoms with Gasteiger partial charge in [0, 0.05) is 11.8 Å². The number of aromatic nitrogens is 3. The SMILES string of the molecule is Cc1ccc(O)c(C)c1-n1c(N)c(C(N)=O)c2cnc(C#CC(C)(C)O)nc21. The highest BCUT2D eigenvalue weighted by molar-refractivity contribution is 6.10. The summed E-state index contributed by atoms with van der Waals surface area (Å²) in [6.07, 6.45) is 1.43. The summed E-state index contributed by atoms with van der Waals surface area (Å²) in [5.74, 6) is 4.98. The molecule has 28 heavy (non-hydrogen) atoms. The number of aryl methyl sites for hydroxylation is 1. The van der Waals surface area contributed by atoms with Crippen LogP contribution in [0.4, 0.5) is 5.82 Å². The second-order valence-corrected chi connectivity index (χ2v) is 7.08. The van der Waals surface area contributed by atoms with Gasteiger partial charge < -0.3 is 21.7 Å². The van der Waals surface area contributed by atoms with Gasteiger partial charge in [0.15, 0.2) is 5.65 Å². The summed E-state index contributed by atoms with van der Waals surface area (Å²) < 4.78 is 1.57. The van der Waals surface area contributed by atoms with Crippen molar-refractivity contribution in [1.29, 1.82) is 0 Å². The van der Waals surface area contributed by atoms with Gasteiger partial charge in [-0.25, -0.2) is 9.97 Å². The highest BCUT2D eigenvalue weighted by atomic mass is 16.3. The van der Waals surface area contributed by atoms with Crippen LogP contribution in [0.15, 0.2) is 18.3 Å². The van der Waals surface area contributed by atoms with E-state index in [9.17, 15) is 15.0 Å². The van der Waals surface area contributed by atoms with Gasteiger partial charge in [0.2, 0.25) is 5.82 Å². The van der Waals surface area contributed by atoms with Gasteiger partial charge in [-0.1, -0.05) is 12.0 Å². The molecule has 0 aliphatic carbocycles. The van der Waals surface area contributed by atoms with Crippen LogP contribution in [-0.2, 0) is 0 Å². The number of phenols is 1. The Balaban J connectivity index is 2.42. The third-order valence-corrected chi connectivity index (χ3v) is 4.30. The van der Waals surface area contributed by atoms with Gasteiger partial charge in [-0.15, -0.1) is 0 Å². The summed E-state index contributed by atoms with van der Waals surface area (Å²) in [6.45, 7) is 6.68. The molecule has 1 aromatic carbocycles. The molecule has 0 saturated heterocycles. The number of amides is 1. The van der Waals surface area contributed by atoms with Crippen molar-refractivity contribution in [2.45, 2.75) is 33.3 Å². The van der Waals surface area contributed by atoms with Gasteiger partial charge in [0.05, 0.1) is 16.6 Å². The molecule has 0 bridgehead atoms. The van der Waals surface area contributed by atoms with Crippen LogP contribution in [0.3, 0.4) is 0 Å². The molecule has 0 radical (unpaired) electrons. The van der Waals surface area contributed by atoms with Crippen LogP contribution in [0.1, 0.15) is 41.2 Å². The Morgan fingerprint density at radius 1 is 1.29 bits per heavy atom. The Morgan fingerprint density at radius 3 is 2.57 bits per heavy atom. The molecule has 0 spiro atoms. The largest absolute Gasteiger partial charge is 0.508 e. The van der Waals surface area contributed by atoms with Crippen LogP contribution < -0.4 is 11.5 Å². The molecule has 0 atom stereocenters. The lowest BCUT2D eigenvalue weighted by Gasteiger charge is -2.15. The molecule has 144 valence electrons. The molecule has 0 fully saturated rings. The second kappa shape index (κ2) is 6.55. The Kier molecular flexibility index (Phi) is 4.49. The van der Waals surface area contributed by atoms with Crippen molar-refractivity contribution in [1.82, 2.24) is 14.5 Å². The van der Waals surface area contributed by atoms with Crippen molar-refractivity contribution in [2.75, 3.05) is 5.73 Å². The smallest absolute Gasteiger partial charge is 0.253 e. The molecule has 3 aromatic rings. The zero-order valence-corrected chi connectivity index (χ0v) is 16.0. The van der Waals surface area contributed by atoms with E-state index in [0.717, 1.165) is 5.56 Å². The quantitative estimate of drug-likeness (QED) is 0.498. The van der Waals surface area contributed by atoms with Crippen LogP contribution in [0.5, 0.6) is 5.75 Å². The fraction of sp³-hybridized carbons (Fsp3) is 0.250. The van der Waals surface area contributed by atoms with E-state index in [1.165, 1.54) is 6.20 Å². The molecule has 2 aromatic heterocycles. The Hall–Kier alpha value is -3.57. The number of nitrogen functional groups attached to an aromatic ring is 1. The number of benzene rings is 1. The Bertz CT molecular complexity index is 1180. The van der Waals surface area contributed by atoms with Crippen molar-refractivity contribution in [3.05, 3.63) is 40.8 Å². The Morgan fingerprint density at radius 2 is 1.96 bits per heavy atom. The number of carbonyl (C=O) groups excluding carboxylic acids is 1. The van der Waals surface area contributed by atoms with E-state index in [1.54, 1.807) is 37.5 Å². The highest BCUT2D eigenvalue weighted by Crippen LogP contribution is 2.35. The van der Waals surface area contributed by atoms with E-state index in [4.69, 9.17) is 11.5 Å². The third-order valence-electron chi connectivity index (χ3n) is 4.30. The minimum absolute atomic E-state index is 0.0820. The lowest BCUT2D eigenvalue weighted by Crippen LogP contribution is -2.14. The Labute approximate surface area is 161 Å².